The Bertz CT molecular complexity index is 1360. The fourth-order valence-electron chi connectivity index (χ4n) is 5.42. The standard InChI is InChI=1S/C32H24/c1-23-17-19-28-29-22-25(24-11-5-2-6-12-24)18-20-30(29)32(31(28)21-23,26-13-7-3-8-14-26)27-15-9-4-10-16-27/h2-22H,1H3. The van der Waals surface area contributed by atoms with Crippen molar-refractivity contribution in [2.24, 2.45) is 0 Å². The first-order valence-corrected chi connectivity index (χ1v) is 11.2. The summed E-state index contributed by atoms with van der Waals surface area (Å²) >= 11 is 0. The number of benzene rings is 5. The van der Waals surface area contributed by atoms with Crippen molar-refractivity contribution >= 4 is 0 Å². The molecule has 0 unspecified atom stereocenters. The first-order valence-electron chi connectivity index (χ1n) is 11.2. The average molecular weight is 409 g/mol. The maximum Gasteiger partial charge on any atom is 0.0713 e. The van der Waals surface area contributed by atoms with E-state index in [0.717, 1.165) is 0 Å². The van der Waals surface area contributed by atoms with E-state index in [4.69, 9.17) is 0 Å². The summed E-state index contributed by atoms with van der Waals surface area (Å²) in [6.45, 7) is 2.19. The van der Waals surface area contributed by atoms with Crippen LogP contribution in [-0.4, -0.2) is 0 Å². The van der Waals surface area contributed by atoms with Crippen LogP contribution in [0.2, 0.25) is 0 Å². The van der Waals surface area contributed by atoms with Crippen molar-refractivity contribution in [3.63, 3.8) is 0 Å². The monoisotopic (exact) mass is 408 g/mol. The smallest absolute Gasteiger partial charge is 0.0622 e. The fraction of sp³-hybridized carbons (Fsp3) is 0.0625. The number of fused-ring (bicyclic) bond motifs is 3. The van der Waals surface area contributed by atoms with Crippen LogP contribution in [0.15, 0.2) is 127 Å². The van der Waals surface area contributed by atoms with Gasteiger partial charge in [0.05, 0.1) is 5.41 Å². The molecule has 1 aliphatic carbocycles. The summed E-state index contributed by atoms with van der Waals surface area (Å²) in [6, 6.07) is 46.6. The van der Waals surface area contributed by atoms with Gasteiger partial charge >= 0.3 is 0 Å². The Morgan fingerprint density at radius 2 is 1.03 bits per heavy atom. The molecule has 0 aromatic heterocycles. The number of hydrogen-bond acceptors (Lipinski definition) is 0. The maximum absolute atomic E-state index is 2.39. The Morgan fingerprint density at radius 3 is 1.66 bits per heavy atom. The summed E-state index contributed by atoms with van der Waals surface area (Å²) in [5, 5.41) is 0. The van der Waals surface area contributed by atoms with E-state index in [0.29, 0.717) is 0 Å². The Balaban J connectivity index is 1.73. The molecule has 0 amide bonds. The quantitative estimate of drug-likeness (QED) is 0.278. The second-order valence-electron chi connectivity index (χ2n) is 8.66. The second kappa shape index (κ2) is 7.35. The van der Waals surface area contributed by atoms with Crippen LogP contribution in [0.4, 0.5) is 0 Å². The molecule has 0 bridgehead atoms. The Hall–Kier alpha value is -3.90. The summed E-state index contributed by atoms with van der Waals surface area (Å²) in [5.41, 5.74) is 11.5. The Morgan fingerprint density at radius 1 is 0.438 bits per heavy atom. The molecule has 152 valence electrons. The lowest BCUT2D eigenvalue weighted by atomic mass is 9.67. The average Bonchev–Trinajstić information content (AvgIpc) is 3.15. The molecular formula is C32H24. The first-order chi connectivity index (χ1) is 15.8. The minimum Gasteiger partial charge on any atom is -0.0622 e. The van der Waals surface area contributed by atoms with Crippen LogP contribution < -0.4 is 0 Å². The topological polar surface area (TPSA) is 0 Å². The molecule has 0 heteroatoms. The maximum atomic E-state index is 2.39. The van der Waals surface area contributed by atoms with Gasteiger partial charge in [0.2, 0.25) is 0 Å². The van der Waals surface area contributed by atoms with E-state index in [1.165, 1.54) is 50.1 Å². The Labute approximate surface area is 189 Å². The second-order valence-corrected chi connectivity index (χ2v) is 8.66. The van der Waals surface area contributed by atoms with E-state index in [-0.39, 0.29) is 5.41 Å². The lowest BCUT2D eigenvalue weighted by Gasteiger charge is -2.34. The van der Waals surface area contributed by atoms with Crippen LogP contribution in [0.3, 0.4) is 0 Å². The van der Waals surface area contributed by atoms with Crippen molar-refractivity contribution < 1.29 is 0 Å². The highest BCUT2D eigenvalue weighted by Crippen LogP contribution is 2.56. The van der Waals surface area contributed by atoms with Gasteiger partial charge in [-0.15, -0.1) is 0 Å². The van der Waals surface area contributed by atoms with Crippen LogP contribution in [0.1, 0.15) is 27.8 Å². The van der Waals surface area contributed by atoms with Crippen molar-refractivity contribution in [2.75, 3.05) is 0 Å². The van der Waals surface area contributed by atoms with E-state index < -0.39 is 0 Å². The van der Waals surface area contributed by atoms with Crippen molar-refractivity contribution in [1.29, 1.82) is 0 Å². The lowest BCUT2D eigenvalue weighted by Crippen LogP contribution is -2.28. The van der Waals surface area contributed by atoms with Crippen LogP contribution in [-0.2, 0) is 5.41 Å². The molecule has 5 aromatic rings. The summed E-state index contributed by atoms with van der Waals surface area (Å²) < 4.78 is 0. The zero-order valence-corrected chi connectivity index (χ0v) is 18.1. The minimum atomic E-state index is -0.325. The normalized spacial score (nSPS) is 13.4. The molecular weight excluding hydrogens is 384 g/mol. The van der Waals surface area contributed by atoms with Gasteiger partial charge in [-0.05, 0) is 57.5 Å². The third kappa shape index (κ3) is 2.70. The van der Waals surface area contributed by atoms with Gasteiger partial charge in [0, 0.05) is 0 Å². The van der Waals surface area contributed by atoms with E-state index >= 15 is 0 Å². The van der Waals surface area contributed by atoms with Gasteiger partial charge in [0.1, 0.15) is 0 Å². The molecule has 0 fully saturated rings. The van der Waals surface area contributed by atoms with E-state index in [1.807, 2.05) is 0 Å². The van der Waals surface area contributed by atoms with Gasteiger partial charge in [-0.1, -0.05) is 127 Å². The first kappa shape index (κ1) is 18.8. The molecule has 6 rings (SSSR count). The van der Waals surface area contributed by atoms with Crippen LogP contribution >= 0.6 is 0 Å². The molecule has 0 N–H and O–H groups in total. The molecule has 0 atom stereocenters. The zero-order valence-electron chi connectivity index (χ0n) is 18.1. The van der Waals surface area contributed by atoms with E-state index in [9.17, 15) is 0 Å². The third-order valence-electron chi connectivity index (χ3n) is 6.81. The van der Waals surface area contributed by atoms with E-state index in [2.05, 4.69) is 134 Å². The number of rotatable bonds is 3. The predicted octanol–water partition coefficient (Wildman–Crippen LogP) is 8.03. The molecule has 1 aliphatic rings. The van der Waals surface area contributed by atoms with Crippen LogP contribution in [0, 0.1) is 6.92 Å². The Kier molecular flexibility index (Phi) is 4.33. The number of hydrogen-bond donors (Lipinski definition) is 0. The van der Waals surface area contributed by atoms with Gasteiger partial charge in [-0.2, -0.15) is 0 Å². The third-order valence-corrected chi connectivity index (χ3v) is 6.81. The molecule has 0 saturated heterocycles. The largest absolute Gasteiger partial charge is 0.0713 e. The van der Waals surface area contributed by atoms with Crippen LogP contribution in [0.25, 0.3) is 22.3 Å². The molecule has 0 saturated carbocycles. The van der Waals surface area contributed by atoms with Crippen molar-refractivity contribution in [1.82, 2.24) is 0 Å². The predicted molar refractivity (Wildman–Crippen MR) is 134 cm³/mol. The minimum absolute atomic E-state index is 0.325. The van der Waals surface area contributed by atoms with Crippen molar-refractivity contribution in [3.8, 4) is 22.3 Å². The summed E-state index contributed by atoms with van der Waals surface area (Å²) in [7, 11) is 0. The summed E-state index contributed by atoms with van der Waals surface area (Å²) in [4.78, 5) is 0. The SMILES string of the molecule is Cc1ccc2c(c1)C(c1ccccc1)(c1ccccc1)c1ccc(-c3ccccc3)cc1-2. The molecule has 5 aromatic carbocycles. The van der Waals surface area contributed by atoms with Gasteiger partial charge in [0.25, 0.3) is 0 Å². The highest BCUT2D eigenvalue weighted by atomic mass is 14.5. The van der Waals surface area contributed by atoms with Crippen LogP contribution in [0.5, 0.6) is 0 Å². The summed E-state index contributed by atoms with van der Waals surface area (Å²) in [5.74, 6) is 0. The van der Waals surface area contributed by atoms with Gasteiger partial charge in [-0.3, -0.25) is 0 Å². The molecule has 32 heavy (non-hydrogen) atoms. The van der Waals surface area contributed by atoms with E-state index in [1.54, 1.807) is 0 Å². The summed E-state index contributed by atoms with van der Waals surface area (Å²) in [6.07, 6.45) is 0. The molecule has 0 nitrogen and oxygen atoms in total. The highest BCUT2D eigenvalue weighted by molar-refractivity contribution is 5.89. The van der Waals surface area contributed by atoms with Gasteiger partial charge in [-0.25, -0.2) is 0 Å². The molecule has 0 aliphatic heterocycles. The molecule has 0 heterocycles. The molecule has 0 radical (unpaired) electrons. The lowest BCUT2D eigenvalue weighted by molar-refractivity contribution is 0.767. The van der Waals surface area contributed by atoms with Gasteiger partial charge < -0.3 is 0 Å². The highest BCUT2D eigenvalue weighted by Gasteiger charge is 2.46. The van der Waals surface area contributed by atoms with Gasteiger partial charge in [0.15, 0.2) is 0 Å². The van der Waals surface area contributed by atoms with Crippen molar-refractivity contribution in [3.05, 3.63) is 155 Å². The number of aryl methyl sites for hydroxylation is 1. The zero-order chi connectivity index (χ0) is 21.5. The molecule has 0 spiro atoms. The fourth-order valence-corrected chi connectivity index (χ4v) is 5.42. The van der Waals surface area contributed by atoms with Crippen molar-refractivity contribution in [2.45, 2.75) is 12.3 Å².